The van der Waals surface area contributed by atoms with Crippen molar-refractivity contribution in [3.8, 4) is 5.75 Å². The third-order valence-corrected chi connectivity index (χ3v) is 4.98. The molecule has 10 heteroatoms. The van der Waals surface area contributed by atoms with E-state index in [0.29, 0.717) is 0 Å². The zero-order chi connectivity index (χ0) is 18.1. The van der Waals surface area contributed by atoms with E-state index >= 15 is 0 Å². The SMILES string of the molecule is CCN(CCn1c(=O)c(C(=O)O)c(O)c2ncccc21)S(C)(=O)=O. The van der Waals surface area contributed by atoms with Crippen LogP contribution in [0.1, 0.15) is 17.3 Å². The van der Waals surface area contributed by atoms with Crippen LogP contribution >= 0.6 is 0 Å². The molecular formula is C14H17N3O6S. The van der Waals surface area contributed by atoms with Crippen LogP contribution in [0.4, 0.5) is 0 Å². The highest BCUT2D eigenvalue weighted by molar-refractivity contribution is 7.88. The van der Waals surface area contributed by atoms with Crippen LogP contribution in [-0.2, 0) is 16.6 Å². The van der Waals surface area contributed by atoms with E-state index in [-0.39, 0.29) is 30.7 Å². The molecule has 2 heterocycles. The first-order valence-corrected chi connectivity index (χ1v) is 8.92. The lowest BCUT2D eigenvalue weighted by molar-refractivity contribution is 0.0691. The Balaban J connectivity index is 2.61. The van der Waals surface area contributed by atoms with Gasteiger partial charge in [-0.1, -0.05) is 6.92 Å². The summed E-state index contributed by atoms with van der Waals surface area (Å²) in [4.78, 5) is 27.6. The van der Waals surface area contributed by atoms with Crippen molar-refractivity contribution in [1.82, 2.24) is 13.9 Å². The van der Waals surface area contributed by atoms with E-state index < -0.39 is 32.9 Å². The van der Waals surface area contributed by atoms with Gasteiger partial charge in [-0.3, -0.25) is 9.78 Å². The van der Waals surface area contributed by atoms with Crippen molar-refractivity contribution >= 4 is 27.0 Å². The summed E-state index contributed by atoms with van der Waals surface area (Å²) in [5.74, 6) is -2.27. The Hall–Kier alpha value is -2.46. The number of fused-ring (bicyclic) bond motifs is 1. The Morgan fingerprint density at radius 3 is 2.62 bits per heavy atom. The molecule has 0 saturated heterocycles. The van der Waals surface area contributed by atoms with Gasteiger partial charge in [0.05, 0.1) is 11.8 Å². The lowest BCUT2D eigenvalue weighted by atomic mass is 10.2. The van der Waals surface area contributed by atoms with Crippen molar-refractivity contribution in [1.29, 1.82) is 0 Å². The minimum Gasteiger partial charge on any atom is -0.505 e. The number of likely N-dealkylation sites (N-methyl/N-ethyl adjacent to an activating group) is 1. The molecule has 130 valence electrons. The van der Waals surface area contributed by atoms with Crippen molar-refractivity contribution in [2.75, 3.05) is 19.3 Å². The normalized spacial score (nSPS) is 12.0. The van der Waals surface area contributed by atoms with Gasteiger partial charge in [0.15, 0.2) is 11.3 Å². The zero-order valence-electron chi connectivity index (χ0n) is 13.1. The van der Waals surface area contributed by atoms with Crippen molar-refractivity contribution in [2.45, 2.75) is 13.5 Å². The van der Waals surface area contributed by atoms with Crippen LogP contribution in [0.25, 0.3) is 11.0 Å². The first-order valence-electron chi connectivity index (χ1n) is 7.07. The number of hydrogen-bond acceptors (Lipinski definition) is 6. The fourth-order valence-electron chi connectivity index (χ4n) is 2.45. The summed E-state index contributed by atoms with van der Waals surface area (Å²) in [7, 11) is -3.45. The Kier molecular flexibility index (Phi) is 4.90. The second kappa shape index (κ2) is 6.57. The van der Waals surface area contributed by atoms with Crippen LogP contribution in [0, 0.1) is 0 Å². The molecule has 2 rings (SSSR count). The van der Waals surface area contributed by atoms with E-state index in [0.717, 1.165) is 15.1 Å². The van der Waals surface area contributed by atoms with Crippen LogP contribution in [-0.4, -0.2) is 57.8 Å². The largest absolute Gasteiger partial charge is 0.505 e. The molecule has 2 N–H and O–H groups in total. The van der Waals surface area contributed by atoms with Crippen molar-refractivity contribution in [3.05, 3.63) is 34.2 Å². The monoisotopic (exact) mass is 355 g/mol. The second-order valence-electron chi connectivity index (χ2n) is 5.11. The summed E-state index contributed by atoms with van der Waals surface area (Å²) in [5, 5.41) is 19.2. The van der Waals surface area contributed by atoms with Crippen LogP contribution < -0.4 is 5.56 Å². The summed E-state index contributed by atoms with van der Waals surface area (Å²) in [6, 6.07) is 3.04. The summed E-state index contributed by atoms with van der Waals surface area (Å²) >= 11 is 0. The smallest absolute Gasteiger partial charge is 0.345 e. The third-order valence-electron chi connectivity index (χ3n) is 3.61. The van der Waals surface area contributed by atoms with Crippen LogP contribution in [0.15, 0.2) is 23.1 Å². The molecule has 0 aliphatic heterocycles. The highest BCUT2D eigenvalue weighted by Crippen LogP contribution is 2.24. The Morgan fingerprint density at radius 2 is 2.08 bits per heavy atom. The molecule has 2 aromatic rings. The molecular weight excluding hydrogens is 338 g/mol. The van der Waals surface area contributed by atoms with Crippen molar-refractivity contribution < 1.29 is 23.4 Å². The Bertz CT molecular complexity index is 951. The van der Waals surface area contributed by atoms with Crippen molar-refractivity contribution in [3.63, 3.8) is 0 Å². The standard InChI is InChI=1S/C14H17N3O6S/c1-3-16(24(2,22)23)7-8-17-9-5-4-6-15-11(9)12(18)10(13(17)19)14(20)21/h4-6,18H,3,7-8H2,1-2H3,(H,20,21). The first kappa shape index (κ1) is 17.9. The highest BCUT2D eigenvalue weighted by Gasteiger charge is 2.23. The van der Waals surface area contributed by atoms with E-state index in [2.05, 4.69) is 4.98 Å². The molecule has 0 amide bonds. The number of aromatic hydroxyl groups is 1. The summed E-state index contributed by atoms with van der Waals surface area (Å²) in [6.07, 6.45) is 2.41. The van der Waals surface area contributed by atoms with Gasteiger partial charge in [0.25, 0.3) is 5.56 Å². The van der Waals surface area contributed by atoms with Gasteiger partial charge in [-0.2, -0.15) is 0 Å². The fourth-order valence-corrected chi connectivity index (χ4v) is 3.33. The summed E-state index contributed by atoms with van der Waals surface area (Å²) in [5.41, 5.74) is -1.50. The number of aromatic carboxylic acids is 1. The average molecular weight is 355 g/mol. The minimum atomic E-state index is -3.45. The topological polar surface area (TPSA) is 130 Å². The fraction of sp³-hybridized carbons (Fsp3) is 0.357. The molecule has 0 aromatic carbocycles. The average Bonchev–Trinajstić information content (AvgIpc) is 2.49. The van der Waals surface area contributed by atoms with E-state index in [9.17, 15) is 28.2 Å². The van der Waals surface area contributed by atoms with Crippen LogP contribution in [0.3, 0.4) is 0 Å². The molecule has 0 aliphatic carbocycles. The molecule has 0 atom stereocenters. The van der Waals surface area contributed by atoms with Gasteiger partial charge >= 0.3 is 5.97 Å². The molecule has 0 aliphatic rings. The lowest BCUT2D eigenvalue weighted by Gasteiger charge is -2.19. The summed E-state index contributed by atoms with van der Waals surface area (Å²) in [6.45, 7) is 1.79. The molecule has 0 spiro atoms. The first-order chi connectivity index (χ1) is 11.2. The number of sulfonamides is 1. The molecule has 0 unspecified atom stereocenters. The van der Waals surface area contributed by atoms with Gasteiger partial charge in [-0.15, -0.1) is 0 Å². The number of nitrogens with zero attached hydrogens (tertiary/aromatic N) is 3. The number of hydrogen-bond donors (Lipinski definition) is 2. The molecule has 0 radical (unpaired) electrons. The molecule has 0 saturated carbocycles. The number of rotatable bonds is 6. The third kappa shape index (κ3) is 3.24. The number of pyridine rings is 2. The molecule has 2 aromatic heterocycles. The number of carbonyl (C=O) groups is 1. The quantitative estimate of drug-likeness (QED) is 0.750. The molecule has 9 nitrogen and oxygen atoms in total. The van der Waals surface area contributed by atoms with Gasteiger partial charge in [0.1, 0.15) is 5.52 Å². The van der Waals surface area contributed by atoms with Crippen molar-refractivity contribution in [2.24, 2.45) is 0 Å². The zero-order valence-corrected chi connectivity index (χ0v) is 13.9. The molecule has 24 heavy (non-hydrogen) atoms. The Morgan fingerprint density at radius 1 is 1.42 bits per heavy atom. The van der Waals surface area contributed by atoms with Crippen LogP contribution in [0.2, 0.25) is 0 Å². The maximum atomic E-state index is 12.4. The highest BCUT2D eigenvalue weighted by atomic mass is 32.2. The second-order valence-corrected chi connectivity index (χ2v) is 7.09. The predicted molar refractivity (Wildman–Crippen MR) is 86.7 cm³/mol. The van der Waals surface area contributed by atoms with Gasteiger partial charge in [-0.25, -0.2) is 17.5 Å². The lowest BCUT2D eigenvalue weighted by Crippen LogP contribution is -2.36. The molecule has 0 fully saturated rings. The van der Waals surface area contributed by atoms with Gasteiger partial charge < -0.3 is 14.8 Å². The molecule has 0 bridgehead atoms. The summed E-state index contributed by atoms with van der Waals surface area (Å²) < 4.78 is 25.6. The minimum absolute atomic E-state index is 0.0108. The van der Waals surface area contributed by atoms with E-state index in [4.69, 9.17) is 0 Å². The van der Waals surface area contributed by atoms with Gasteiger partial charge in [0.2, 0.25) is 10.0 Å². The number of carboxylic acid groups (broad SMARTS) is 1. The van der Waals surface area contributed by atoms with Gasteiger partial charge in [0, 0.05) is 25.8 Å². The number of carboxylic acids is 1. The predicted octanol–water partition coefficient (Wildman–Crippen LogP) is 0.0818. The van der Waals surface area contributed by atoms with E-state index in [1.807, 2.05) is 0 Å². The number of aromatic nitrogens is 2. The van der Waals surface area contributed by atoms with Crippen LogP contribution in [0.5, 0.6) is 5.75 Å². The Labute approximate surface area is 137 Å². The maximum absolute atomic E-state index is 12.4. The van der Waals surface area contributed by atoms with E-state index in [1.165, 1.54) is 18.3 Å². The maximum Gasteiger partial charge on any atom is 0.345 e. The van der Waals surface area contributed by atoms with E-state index in [1.54, 1.807) is 6.92 Å². The van der Waals surface area contributed by atoms with Gasteiger partial charge in [-0.05, 0) is 12.1 Å².